The van der Waals surface area contributed by atoms with Crippen molar-refractivity contribution in [3.05, 3.63) is 59.2 Å². The number of benzene rings is 2. The van der Waals surface area contributed by atoms with Crippen molar-refractivity contribution in [2.75, 3.05) is 11.1 Å². The summed E-state index contributed by atoms with van der Waals surface area (Å²) in [6, 6.07) is 7.59. The highest BCUT2D eigenvalue weighted by atomic mass is 19.1. The first kappa shape index (κ1) is 14.6. The second-order valence-electron chi connectivity index (χ2n) is 4.44. The Morgan fingerprint density at radius 2 is 1.67 bits per heavy atom. The van der Waals surface area contributed by atoms with Crippen molar-refractivity contribution >= 4 is 23.1 Å². The van der Waals surface area contributed by atoms with Crippen LogP contribution in [0.25, 0.3) is 0 Å². The largest absolute Gasteiger partial charge is 0.396 e. The van der Waals surface area contributed by atoms with Gasteiger partial charge in [0.05, 0.1) is 11.3 Å². The van der Waals surface area contributed by atoms with Gasteiger partial charge >= 0.3 is 0 Å². The molecule has 2 aromatic rings. The van der Waals surface area contributed by atoms with Crippen molar-refractivity contribution < 1.29 is 18.4 Å². The number of nitrogens with one attached hydrogen (secondary N) is 1. The molecule has 6 heteroatoms. The number of halogens is 2. The van der Waals surface area contributed by atoms with Gasteiger partial charge in [0.2, 0.25) is 0 Å². The summed E-state index contributed by atoms with van der Waals surface area (Å²) in [5.41, 5.74) is 5.52. The molecule has 2 aromatic carbocycles. The van der Waals surface area contributed by atoms with Crippen LogP contribution in [0.2, 0.25) is 0 Å². The molecular formula is C15H12F2N2O2. The normalized spacial score (nSPS) is 10.2. The molecule has 0 saturated heterocycles. The zero-order chi connectivity index (χ0) is 15.6. The zero-order valence-corrected chi connectivity index (χ0v) is 11.1. The van der Waals surface area contributed by atoms with Gasteiger partial charge in [-0.3, -0.25) is 9.59 Å². The molecule has 0 bridgehead atoms. The smallest absolute Gasteiger partial charge is 0.258 e. The molecule has 0 atom stereocenters. The Bertz CT molecular complexity index is 712. The number of nitrogens with two attached hydrogens (primary N) is 1. The van der Waals surface area contributed by atoms with E-state index in [1.54, 1.807) is 0 Å². The van der Waals surface area contributed by atoms with Crippen LogP contribution in [0.5, 0.6) is 0 Å². The van der Waals surface area contributed by atoms with E-state index in [-0.39, 0.29) is 17.0 Å². The maximum atomic E-state index is 13.6. The first-order valence-electron chi connectivity index (χ1n) is 6.05. The molecule has 0 spiro atoms. The van der Waals surface area contributed by atoms with Crippen LogP contribution >= 0.6 is 0 Å². The Labute approximate surface area is 119 Å². The van der Waals surface area contributed by atoms with Crippen molar-refractivity contribution in [1.82, 2.24) is 0 Å². The van der Waals surface area contributed by atoms with Gasteiger partial charge in [-0.15, -0.1) is 0 Å². The van der Waals surface area contributed by atoms with Crippen molar-refractivity contribution in [2.45, 2.75) is 6.92 Å². The predicted octanol–water partition coefficient (Wildman–Crippen LogP) is 3.00. The Kier molecular flexibility index (Phi) is 3.98. The summed E-state index contributed by atoms with van der Waals surface area (Å²) in [5.74, 6) is -2.78. The van der Waals surface area contributed by atoms with E-state index in [0.717, 1.165) is 6.07 Å². The maximum absolute atomic E-state index is 13.6. The number of hydrogen-bond donors (Lipinski definition) is 2. The molecule has 0 heterocycles. The first-order chi connectivity index (χ1) is 9.88. The SMILES string of the molecule is CC(=O)c1ccc(NC(=O)c2cc(N)c(F)cc2F)cc1. The quantitative estimate of drug-likeness (QED) is 0.674. The number of ketones is 1. The third kappa shape index (κ3) is 3.22. The molecule has 0 unspecified atom stereocenters. The van der Waals surface area contributed by atoms with Crippen molar-refractivity contribution in [3.8, 4) is 0 Å². The third-order valence-electron chi connectivity index (χ3n) is 2.88. The number of anilines is 2. The van der Waals surface area contributed by atoms with Gasteiger partial charge in [0.25, 0.3) is 5.91 Å². The summed E-state index contributed by atoms with van der Waals surface area (Å²) >= 11 is 0. The van der Waals surface area contributed by atoms with E-state index >= 15 is 0 Å². The minimum atomic E-state index is -1.00. The van der Waals surface area contributed by atoms with E-state index in [2.05, 4.69) is 5.32 Å². The molecule has 0 aliphatic rings. The molecule has 1 amide bonds. The Balaban J connectivity index is 2.22. The summed E-state index contributed by atoms with van der Waals surface area (Å²) in [7, 11) is 0. The predicted molar refractivity (Wildman–Crippen MR) is 75.2 cm³/mol. The van der Waals surface area contributed by atoms with Crippen LogP contribution in [-0.4, -0.2) is 11.7 Å². The van der Waals surface area contributed by atoms with Gasteiger partial charge in [-0.05, 0) is 37.3 Å². The van der Waals surface area contributed by atoms with E-state index in [0.29, 0.717) is 17.3 Å². The van der Waals surface area contributed by atoms with E-state index in [9.17, 15) is 18.4 Å². The van der Waals surface area contributed by atoms with Crippen LogP contribution in [-0.2, 0) is 0 Å². The fraction of sp³-hybridized carbons (Fsp3) is 0.0667. The van der Waals surface area contributed by atoms with E-state index in [1.165, 1.54) is 31.2 Å². The Hall–Kier alpha value is -2.76. The van der Waals surface area contributed by atoms with Crippen molar-refractivity contribution in [2.24, 2.45) is 0 Å². The van der Waals surface area contributed by atoms with Crippen LogP contribution in [0.1, 0.15) is 27.6 Å². The summed E-state index contributed by atoms with van der Waals surface area (Å²) in [6.45, 7) is 1.42. The minimum absolute atomic E-state index is 0.106. The van der Waals surface area contributed by atoms with Crippen LogP contribution in [0, 0.1) is 11.6 Å². The second kappa shape index (κ2) is 5.70. The lowest BCUT2D eigenvalue weighted by atomic mass is 10.1. The molecule has 21 heavy (non-hydrogen) atoms. The standard InChI is InChI=1S/C15H12F2N2O2/c1-8(20)9-2-4-10(5-3-9)19-15(21)11-6-14(18)13(17)7-12(11)16/h2-7H,18H2,1H3,(H,19,21). The fourth-order valence-corrected chi connectivity index (χ4v) is 1.73. The summed E-state index contributed by atoms with van der Waals surface area (Å²) in [5, 5.41) is 2.44. The average molecular weight is 290 g/mol. The highest BCUT2D eigenvalue weighted by Crippen LogP contribution is 2.18. The molecule has 0 aliphatic heterocycles. The number of rotatable bonds is 3. The van der Waals surface area contributed by atoms with Crippen LogP contribution < -0.4 is 11.1 Å². The fourth-order valence-electron chi connectivity index (χ4n) is 1.73. The molecule has 0 aliphatic carbocycles. The van der Waals surface area contributed by atoms with Gasteiger partial charge in [-0.25, -0.2) is 8.78 Å². The molecule has 0 saturated carbocycles. The van der Waals surface area contributed by atoms with Gasteiger partial charge in [0.15, 0.2) is 5.78 Å². The topological polar surface area (TPSA) is 72.2 Å². The lowest BCUT2D eigenvalue weighted by Crippen LogP contribution is -2.14. The van der Waals surface area contributed by atoms with Gasteiger partial charge < -0.3 is 11.1 Å². The lowest BCUT2D eigenvalue weighted by Gasteiger charge is -2.08. The van der Waals surface area contributed by atoms with Crippen molar-refractivity contribution in [3.63, 3.8) is 0 Å². The molecule has 0 fully saturated rings. The van der Waals surface area contributed by atoms with Crippen LogP contribution in [0.4, 0.5) is 20.2 Å². The van der Waals surface area contributed by atoms with Crippen LogP contribution in [0.15, 0.2) is 36.4 Å². The number of hydrogen-bond acceptors (Lipinski definition) is 3. The molecule has 108 valence electrons. The first-order valence-corrected chi connectivity index (χ1v) is 6.05. The van der Waals surface area contributed by atoms with E-state index in [1.807, 2.05) is 0 Å². The van der Waals surface area contributed by atoms with E-state index < -0.39 is 17.5 Å². The van der Waals surface area contributed by atoms with Crippen LogP contribution in [0.3, 0.4) is 0 Å². The van der Waals surface area contributed by atoms with Gasteiger partial charge in [-0.1, -0.05) is 0 Å². The highest BCUT2D eigenvalue weighted by molar-refractivity contribution is 6.05. The molecule has 0 radical (unpaired) electrons. The monoisotopic (exact) mass is 290 g/mol. The third-order valence-corrected chi connectivity index (χ3v) is 2.88. The van der Waals surface area contributed by atoms with Gasteiger partial charge in [-0.2, -0.15) is 0 Å². The average Bonchev–Trinajstić information content (AvgIpc) is 2.43. The molecule has 0 aromatic heterocycles. The van der Waals surface area contributed by atoms with E-state index in [4.69, 9.17) is 5.73 Å². The number of nitrogen functional groups attached to an aromatic ring is 1. The summed E-state index contributed by atoms with van der Waals surface area (Å²) < 4.78 is 26.6. The minimum Gasteiger partial charge on any atom is -0.396 e. The number of Topliss-reactive ketones (excluding diaryl/α,β-unsaturated/α-hetero) is 1. The Morgan fingerprint density at radius 1 is 1.05 bits per heavy atom. The number of carbonyl (C=O) groups excluding carboxylic acids is 2. The second-order valence-corrected chi connectivity index (χ2v) is 4.44. The van der Waals surface area contributed by atoms with Gasteiger partial charge in [0.1, 0.15) is 11.6 Å². The maximum Gasteiger partial charge on any atom is 0.258 e. The highest BCUT2D eigenvalue weighted by Gasteiger charge is 2.15. The Morgan fingerprint density at radius 3 is 2.24 bits per heavy atom. The number of amides is 1. The summed E-state index contributed by atoms with van der Waals surface area (Å²) in [6.07, 6.45) is 0. The molecular weight excluding hydrogens is 278 g/mol. The molecule has 3 N–H and O–H groups in total. The van der Waals surface area contributed by atoms with Crippen molar-refractivity contribution in [1.29, 1.82) is 0 Å². The molecule has 4 nitrogen and oxygen atoms in total. The number of carbonyl (C=O) groups is 2. The van der Waals surface area contributed by atoms with Gasteiger partial charge in [0, 0.05) is 17.3 Å². The summed E-state index contributed by atoms with van der Waals surface area (Å²) in [4.78, 5) is 23.0. The zero-order valence-electron chi connectivity index (χ0n) is 11.1. The molecule has 2 rings (SSSR count). The lowest BCUT2D eigenvalue weighted by molar-refractivity contribution is 0.101.